The van der Waals surface area contributed by atoms with E-state index < -0.39 is 18.3 Å². The number of aliphatic hydroxyl groups is 1. The van der Waals surface area contributed by atoms with Crippen LogP contribution in [0.2, 0.25) is 0 Å². The Morgan fingerprint density at radius 3 is 2.38 bits per heavy atom. The SMILES string of the molecule is CCOC(=O)CNC(=O)NCc1cccc(-c2cccc([C@H]3O[C@@H](CN4CCC(n5c(=O)[nH]c6ccccc65)CC4)[C@@H](C)[C@@H](c4ccc(CO)cc4)O3)c2)c1. The number of nitrogens with one attached hydrogen (secondary N) is 3. The number of aromatic amines is 1. The monoisotopic (exact) mass is 747 g/mol. The van der Waals surface area contributed by atoms with E-state index in [1.165, 1.54) is 0 Å². The molecule has 0 aliphatic carbocycles. The standard InChI is InChI=1S/C43H49N5O7/c1-3-53-39(50)25-45-42(51)44-24-30-8-6-9-32(22-30)33-10-7-11-34(23-33)41-54-38(28(2)40(55-41)31-16-14-29(27-49)15-17-31)26-47-20-18-35(19-21-47)48-37-13-5-4-12-36(37)46-43(48)52/h4-17,22-23,28,35,38,40-41,49H,3,18-21,24-27H2,1-2H3,(H,46,52)(H2,44,45,51)/t28-,38+,40+,41+/m1/s1. The first-order valence-electron chi connectivity index (χ1n) is 19.1. The summed E-state index contributed by atoms with van der Waals surface area (Å²) in [6.07, 6.45) is 0.723. The molecular formula is C43H49N5O7. The largest absolute Gasteiger partial charge is 0.465 e. The van der Waals surface area contributed by atoms with E-state index in [0.29, 0.717) is 0 Å². The van der Waals surface area contributed by atoms with Crippen LogP contribution >= 0.6 is 0 Å². The molecule has 4 atom stereocenters. The van der Waals surface area contributed by atoms with Crippen LogP contribution in [0.3, 0.4) is 0 Å². The van der Waals surface area contributed by atoms with Gasteiger partial charge in [0, 0.05) is 43.7 Å². The number of H-pyrrole nitrogens is 1. The molecule has 2 aliphatic rings. The molecule has 1 aromatic heterocycles. The predicted octanol–water partition coefficient (Wildman–Crippen LogP) is 5.98. The third-order valence-corrected chi connectivity index (χ3v) is 10.7. The normalized spacial score (nSPS) is 20.6. The van der Waals surface area contributed by atoms with Gasteiger partial charge in [0.1, 0.15) is 6.54 Å². The fourth-order valence-corrected chi connectivity index (χ4v) is 7.71. The Kier molecular flexibility index (Phi) is 12.1. The number of esters is 1. The first kappa shape index (κ1) is 38.0. The van der Waals surface area contributed by atoms with Crippen molar-refractivity contribution >= 4 is 23.0 Å². The second-order valence-electron chi connectivity index (χ2n) is 14.3. The molecule has 0 spiro atoms. The quantitative estimate of drug-likeness (QED) is 0.114. The summed E-state index contributed by atoms with van der Waals surface area (Å²) >= 11 is 0. The highest BCUT2D eigenvalue weighted by atomic mass is 16.7. The Balaban J connectivity index is 1.06. The lowest BCUT2D eigenvalue weighted by Crippen LogP contribution is -2.47. The summed E-state index contributed by atoms with van der Waals surface area (Å²) in [5.41, 5.74) is 7.38. The first-order chi connectivity index (χ1) is 26.8. The number of hydrogen-bond donors (Lipinski definition) is 4. The van der Waals surface area contributed by atoms with Crippen LogP contribution in [0.5, 0.6) is 0 Å². The molecule has 2 saturated heterocycles. The van der Waals surface area contributed by atoms with Crippen molar-refractivity contribution in [2.24, 2.45) is 5.92 Å². The average Bonchev–Trinajstić information content (AvgIpc) is 3.56. The molecule has 0 saturated carbocycles. The number of likely N-dealkylation sites (tertiary alicyclic amines) is 1. The summed E-state index contributed by atoms with van der Waals surface area (Å²) in [7, 11) is 0. The summed E-state index contributed by atoms with van der Waals surface area (Å²) in [6, 6.07) is 31.6. The van der Waals surface area contributed by atoms with E-state index in [2.05, 4.69) is 33.5 Å². The van der Waals surface area contributed by atoms with Gasteiger partial charge in [0.15, 0.2) is 6.29 Å². The Morgan fingerprint density at radius 2 is 1.62 bits per heavy atom. The molecule has 3 heterocycles. The second-order valence-corrected chi connectivity index (χ2v) is 14.3. The van der Waals surface area contributed by atoms with Crippen LogP contribution in [0, 0.1) is 5.92 Å². The van der Waals surface area contributed by atoms with Crippen molar-refractivity contribution in [1.29, 1.82) is 0 Å². The number of aromatic nitrogens is 2. The minimum Gasteiger partial charge on any atom is -0.465 e. The number of ether oxygens (including phenoxy) is 3. The molecule has 5 aromatic rings. The summed E-state index contributed by atoms with van der Waals surface area (Å²) in [6.45, 7) is 6.63. The van der Waals surface area contributed by atoms with Gasteiger partial charge < -0.3 is 39.8 Å². The number of nitrogens with zero attached hydrogens (tertiary/aromatic N) is 2. The van der Waals surface area contributed by atoms with Crippen molar-refractivity contribution in [1.82, 2.24) is 25.1 Å². The number of urea groups is 1. The number of imidazole rings is 1. The maximum Gasteiger partial charge on any atom is 0.326 e. The number of hydrogen-bond acceptors (Lipinski definition) is 8. The van der Waals surface area contributed by atoms with Crippen LogP contribution in [0.1, 0.15) is 67.4 Å². The molecule has 2 fully saturated rings. The molecule has 4 aromatic carbocycles. The maximum absolute atomic E-state index is 12.9. The number of amides is 2. The Bertz CT molecular complexity index is 2140. The van der Waals surface area contributed by atoms with E-state index in [0.717, 1.165) is 76.9 Å². The summed E-state index contributed by atoms with van der Waals surface area (Å²) < 4.78 is 20.4. The zero-order chi connectivity index (χ0) is 38.3. The molecule has 7 rings (SSSR count). The van der Waals surface area contributed by atoms with Crippen LogP contribution in [0.25, 0.3) is 22.2 Å². The molecular weight excluding hydrogens is 699 g/mol. The van der Waals surface area contributed by atoms with Gasteiger partial charge in [-0.1, -0.05) is 79.7 Å². The molecule has 2 aliphatic heterocycles. The lowest BCUT2D eigenvalue weighted by atomic mass is 9.89. The Labute approximate surface area is 320 Å². The number of aliphatic hydroxyl groups excluding tert-OH is 1. The fraction of sp³-hybridized carbons (Fsp3) is 0.372. The van der Waals surface area contributed by atoms with Crippen molar-refractivity contribution in [2.75, 3.05) is 32.8 Å². The predicted molar refractivity (Wildman–Crippen MR) is 209 cm³/mol. The third-order valence-electron chi connectivity index (χ3n) is 10.7. The summed E-state index contributed by atoms with van der Waals surface area (Å²) in [5.74, 6) is -0.453. The molecule has 0 bridgehead atoms. The molecule has 288 valence electrons. The highest BCUT2D eigenvalue weighted by Gasteiger charge is 2.40. The number of benzene rings is 4. The minimum absolute atomic E-state index is 0.0247. The lowest BCUT2D eigenvalue weighted by Gasteiger charge is -2.44. The zero-order valence-electron chi connectivity index (χ0n) is 31.3. The van der Waals surface area contributed by atoms with E-state index in [9.17, 15) is 19.5 Å². The van der Waals surface area contributed by atoms with Gasteiger partial charge in [0.25, 0.3) is 0 Å². The smallest absolute Gasteiger partial charge is 0.326 e. The first-order valence-corrected chi connectivity index (χ1v) is 19.1. The zero-order valence-corrected chi connectivity index (χ0v) is 31.3. The van der Waals surface area contributed by atoms with E-state index >= 15 is 0 Å². The Morgan fingerprint density at radius 1 is 0.873 bits per heavy atom. The molecule has 12 nitrogen and oxygen atoms in total. The highest BCUT2D eigenvalue weighted by molar-refractivity contribution is 5.80. The molecule has 12 heteroatoms. The van der Waals surface area contributed by atoms with E-state index in [1.54, 1.807) is 6.92 Å². The number of piperidine rings is 1. The number of fused-ring (bicyclic) bond motifs is 1. The van der Waals surface area contributed by atoms with Crippen LogP contribution < -0.4 is 16.3 Å². The maximum atomic E-state index is 12.9. The molecule has 0 unspecified atom stereocenters. The number of rotatable bonds is 12. The third kappa shape index (κ3) is 9.00. The number of carbonyl (C=O) groups excluding carboxylic acids is 2. The molecule has 2 amide bonds. The lowest BCUT2D eigenvalue weighted by molar-refractivity contribution is -0.276. The van der Waals surface area contributed by atoms with Gasteiger partial charge in [0.05, 0.1) is 36.5 Å². The van der Waals surface area contributed by atoms with E-state index in [4.69, 9.17) is 14.2 Å². The number of para-hydroxylation sites is 2. The van der Waals surface area contributed by atoms with Crippen molar-refractivity contribution in [3.63, 3.8) is 0 Å². The summed E-state index contributed by atoms with van der Waals surface area (Å²) in [5, 5.41) is 15.0. The minimum atomic E-state index is -0.626. The second kappa shape index (κ2) is 17.5. The topological polar surface area (TPSA) is 147 Å². The number of carbonyl (C=O) groups is 2. The van der Waals surface area contributed by atoms with Gasteiger partial charge in [0.2, 0.25) is 0 Å². The van der Waals surface area contributed by atoms with Crippen molar-refractivity contribution in [3.8, 4) is 11.1 Å². The molecule has 55 heavy (non-hydrogen) atoms. The van der Waals surface area contributed by atoms with Gasteiger partial charge in [-0.05, 0) is 71.8 Å². The van der Waals surface area contributed by atoms with Gasteiger partial charge in [-0.25, -0.2) is 9.59 Å². The van der Waals surface area contributed by atoms with Crippen LogP contribution in [-0.4, -0.2) is 70.4 Å². The van der Waals surface area contributed by atoms with Crippen LogP contribution in [0.15, 0.2) is 102 Å². The van der Waals surface area contributed by atoms with Gasteiger partial charge in [-0.2, -0.15) is 0 Å². The van der Waals surface area contributed by atoms with Crippen LogP contribution in [0.4, 0.5) is 4.79 Å². The van der Waals surface area contributed by atoms with E-state index in [1.807, 2.05) is 95.6 Å². The van der Waals surface area contributed by atoms with Gasteiger partial charge in [-0.3, -0.25) is 9.36 Å². The highest BCUT2D eigenvalue weighted by Crippen LogP contribution is 2.43. The van der Waals surface area contributed by atoms with Crippen molar-refractivity contribution in [2.45, 2.75) is 64.4 Å². The fourth-order valence-electron chi connectivity index (χ4n) is 7.71. The molecule has 0 radical (unpaired) electrons. The van der Waals surface area contributed by atoms with Gasteiger partial charge >= 0.3 is 17.7 Å². The van der Waals surface area contributed by atoms with Crippen LogP contribution in [-0.2, 0) is 32.2 Å². The average molecular weight is 748 g/mol. The van der Waals surface area contributed by atoms with E-state index in [-0.39, 0.29) is 56.2 Å². The van der Waals surface area contributed by atoms with Crippen molar-refractivity contribution < 1.29 is 28.9 Å². The van der Waals surface area contributed by atoms with Crippen molar-refractivity contribution in [3.05, 3.63) is 130 Å². The molecule has 4 N–H and O–H groups in total. The van der Waals surface area contributed by atoms with Gasteiger partial charge in [-0.15, -0.1) is 0 Å². The Hall–Kier alpha value is -5.27. The summed E-state index contributed by atoms with van der Waals surface area (Å²) in [4.78, 5) is 42.2.